The van der Waals surface area contributed by atoms with Crippen molar-refractivity contribution in [3.05, 3.63) is 35.4 Å². The zero-order chi connectivity index (χ0) is 13.7. The number of hydrogen-bond acceptors (Lipinski definition) is 2. The van der Waals surface area contributed by atoms with Crippen LogP contribution in [0.5, 0.6) is 0 Å². The molecule has 19 heavy (non-hydrogen) atoms. The monoisotopic (exact) mass is 261 g/mol. The summed E-state index contributed by atoms with van der Waals surface area (Å²) in [5.74, 6) is 1.24. The fraction of sp³-hybridized carbons (Fsp3) is 0.647. The number of aryl methyl sites for hydroxylation is 1. The summed E-state index contributed by atoms with van der Waals surface area (Å²) in [6.07, 6.45) is 3.83. The van der Waals surface area contributed by atoms with Gasteiger partial charge in [-0.3, -0.25) is 0 Å². The van der Waals surface area contributed by atoms with Gasteiger partial charge in [0.1, 0.15) is 0 Å². The Labute approximate surface area is 117 Å². The molecule has 106 valence electrons. The first-order chi connectivity index (χ1) is 9.20. The van der Waals surface area contributed by atoms with E-state index >= 15 is 0 Å². The first-order valence-electron chi connectivity index (χ1n) is 7.49. The van der Waals surface area contributed by atoms with Crippen LogP contribution in [0.2, 0.25) is 0 Å². The van der Waals surface area contributed by atoms with Crippen LogP contribution in [0.4, 0.5) is 0 Å². The molecule has 2 heteroatoms. The predicted molar refractivity (Wildman–Crippen MR) is 80.6 cm³/mol. The van der Waals surface area contributed by atoms with Crippen LogP contribution in [0.1, 0.15) is 43.2 Å². The van der Waals surface area contributed by atoms with E-state index in [2.05, 4.69) is 43.4 Å². The second kappa shape index (κ2) is 7.06. The fourth-order valence-electron chi connectivity index (χ4n) is 2.55. The standard InChI is InChI=1S/C17H27NO/c1-13-4-6-15(7-5-13)17(12-18-16-8-9-16)14(2)10-11-19-3/h4-7,14,16-18H,8-12H2,1-3H3. The smallest absolute Gasteiger partial charge is 0.0465 e. The predicted octanol–water partition coefficient (Wildman–Crippen LogP) is 3.50. The van der Waals surface area contributed by atoms with E-state index in [1.54, 1.807) is 7.11 Å². The van der Waals surface area contributed by atoms with E-state index in [4.69, 9.17) is 4.74 Å². The minimum absolute atomic E-state index is 0.594. The lowest BCUT2D eigenvalue weighted by atomic mass is 9.85. The molecule has 1 fully saturated rings. The van der Waals surface area contributed by atoms with Gasteiger partial charge in [0.15, 0.2) is 0 Å². The normalized spacial score (nSPS) is 18.3. The second-order valence-corrected chi connectivity index (χ2v) is 5.96. The molecule has 1 aromatic rings. The highest BCUT2D eigenvalue weighted by molar-refractivity contribution is 5.25. The lowest BCUT2D eigenvalue weighted by Crippen LogP contribution is -2.27. The number of ether oxygens (including phenoxy) is 1. The van der Waals surface area contributed by atoms with Crippen molar-refractivity contribution in [3.8, 4) is 0 Å². The molecule has 0 aromatic heterocycles. The number of benzene rings is 1. The molecule has 1 aliphatic carbocycles. The van der Waals surface area contributed by atoms with Crippen molar-refractivity contribution in [1.82, 2.24) is 5.32 Å². The highest BCUT2D eigenvalue weighted by Gasteiger charge is 2.25. The maximum absolute atomic E-state index is 5.24. The highest BCUT2D eigenvalue weighted by atomic mass is 16.5. The molecule has 0 radical (unpaired) electrons. The minimum Gasteiger partial charge on any atom is -0.385 e. The van der Waals surface area contributed by atoms with Gasteiger partial charge in [-0.25, -0.2) is 0 Å². The van der Waals surface area contributed by atoms with Gasteiger partial charge in [-0.2, -0.15) is 0 Å². The van der Waals surface area contributed by atoms with Crippen LogP contribution >= 0.6 is 0 Å². The molecule has 2 rings (SSSR count). The van der Waals surface area contributed by atoms with E-state index in [-0.39, 0.29) is 0 Å². The Morgan fingerprint density at radius 3 is 2.53 bits per heavy atom. The Balaban J connectivity index is 2.00. The van der Waals surface area contributed by atoms with Crippen molar-refractivity contribution >= 4 is 0 Å². The lowest BCUT2D eigenvalue weighted by Gasteiger charge is -2.25. The first-order valence-corrected chi connectivity index (χ1v) is 7.49. The lowest BCUT2D eigenvalue weighted by molar-refractivity contribution is 0.173. The Bertz CT molecular complexity index is 369. The van der Waals surface area contributed by atoms with Gasteiger partial charge in [0, 0.05) is 26.3 Å². The summed E-state index contributed by atoms with van der Waals surface area (Å²) in [7, 11) is 1.79. The van der Waals surface area contributed by atoms with E-state index in [1.165, 1.54) is 24.0 Å². The van der Waals surface area contributed by atoms with Gasteiger partial charge in [-0.15, -0.1) is 0 Å². The van der Waals surface area contributed by atoms with Gasteiger partial charge >= 0.3 is 0 Å². The topological polar surface area (TPSA) is 21.3 Å². The molecular weight excluding hydrogens is 234 g/mol. The number of methoxy groups -OCH3 is 1. The summed E-state index contributed by atoms with van der Waals surface area (Å²) in [6.45, 7) is 6.44. The van der Waals surface area contributed by atoms with Crippen LogP contribution < -0.4 is 5.32 Å². The number of nitrogens with one attached hydrogen (secondary N) is 1. The molecule has 1 N–H and O–H groups in total. The molecular formula is C17H27NO. The largest absolute Gasteiger partial charge is 0.385 e. The molecule has 2 unspecified atom stereocenters. The zero-order valence-electron chi connectivity index (χ0n) is 12.5. The van der Waals surface area contributed by atoms with Gasteiger partial charge in [0.05, 0.1) is 0 Å². The Kier molecular flexibility index (Phi) is 5.41. The van der Waals surface area contributed by atoms with Gasteiger partial charge in [0.2, 0.25) is 0 Å². The van der Waals surface area contributed by atoms with E-state index in [9.17, 15) is 0 Å². The molecule has 0 heterocycles. The summed E-state index contributed by atoms with van der Waals surface area (Å²) < 4.78 is 5.24. The Hall–Kier alpha value is -0.860. The van der Waals surface area contributed by atoms with Crippen molar-refractivity contribution < 1.29 is 4.74 Å². The quantitative estimate of drug-likeness (QED) is 0.773. The maximum Gasteiger partial charge on any atom is 0.0465 e. The van der Waals surface area contributed by atoms with E-state index < -0.39 is 0 Å². The zero-order valence-corrected chi connectivity index (χ0v) is 12.5. The summed E-state index contributed by atoms with van der Waals surface area (Å²) in [6, 6.07) is 9.81. The molecule has 1 aliphatic rings. The van der Waals surface area contributed by atoms with Crippen LogP contribution in [0, 0.1) is 12.8 Å². The van der Waals surface area contributed by atoms with Gasteiger partial charge in [-0.05, 0) is 43.6 Å². The molecule has 1 aromatic carbocycles. The van der Waals surface area contributed by atoms with Crippen LogP contribution in [-0.2, 0) is 4.74 Å². The molecule has 0 saturated heterocycles. The van der Waals surface area contributed by atoms with Gasteiger partial charge in [0.25, 0.3) is 0 Å². The molecule has 2 atom stereocenters. The summed E-state index contributed by atoms with van der Waals surface area (Å²) in [4.78, 5) is 0. The maximum atomic E-state index is 5.24. The fourth-order valence-corrected chi connectivity index (χ4v) is 2.55. The van der Waals surface area contributed by atoms with Crippen molar-refractivity contribution in [3.63, 3.8) is 0 Å². The third-order valence-electron chi connectivity index (χ3n) is 4.17. The van der Waals surface area contributed by atoms with Crippen molar-refractivity contribution in [2.45, 2.75) is 45.1 Å². The number of rotatable bonds is 8. The third kappa shape index (κ3) is 4.63. The van der Waals surface area contributed by atoms with E-state index in [0.29, 0.717) is 11.8 Å². The average Bonchev–Trinajstić information content (AvgIpc) is 3.22. The molecule has 0 amide bonds. The Morgan fingerprint density at radius 1 is 1.26 bits per heavy atom. The molecule has 0 aliphatic heterocycles. The van der Waals surface area contributed by atoms with Crippen LogP contribution in [0.25, 0.3) is 0 Å². The SMILES string of the molecule is COCCC(C)C(CNC1CC1)c1ccc(C)cc1. The van der Waals surface area contributed by atoms with Crippen molar-refractivity contribution in [1.29, 1.82) is 0 Å². The summed E-state index contributed by atoms with van der Waals surface area (Å²) in [5, 5.41) is 3.69. The Morgan fingerprint density at radius 2 is 1.95 bits per heavy atom. The van der Waals surface area contributed by atoms with Crippen LogP contribution in [0.15, 0.2) is 24.3 Å². The highest BCUT2D eigenvalue weighted by Crippen LogP contribution is 2.28. The average molecular weight is 261 g/mol. The van der Waals surface area contributed by atoms with Crippen LogP contribution in [0.3, 0.4) is 0 Å². The molecule has 0 spiro atoms. The van der Waals surface area contributed by atoms with Crippen molar-refractivity contribution in [2.75, 3.05) is 20.3 Å². The van der Waals surface area contributed by atoms with Gasteiger partial charge in [-0.1, -0.05) is 36.8 Å². The molecule has 1 saturated carbocycles. The second-order valence-electron chi connectivity index (χ2n) is 5.96. The summed E-state index contributed by atoms with van der Waals surface area (Å²) >= 11 is 0. The van der Waals surface area contributed by atoms with E-state index in [1.807, 2.05) is 0 Å². The third-order valence-corrected chi connectivity index (χ3v) is 4.17. The minimum atomic E-state index is 0.594. The van der Waals surface area contributed by atoms with Crippen LogP contribution in [-0.4, -0.2) is 26.3 Å². The number of hydrogen-bond donors (Lipinski definition) is 1. The first kappa shape index (κ1) is 14.5. The summed E-state index contributed by atoms with van der Waals surface area (Å²) in [5.41, 5.74) is 2.80. The van der Waals surface area contributed by atoms with Crippen molar-refractivity contribution in [2.24, 2.45) is 5.92 Å². The molecule has 2 nitrogen and oxygen atoms in total. The van der Waals surface area contributed by atoms with E-state index in [0.717, 1.165) is 25.6 Å². The molecule has 0 bridgehead atoms. The van der Waals surface area contributed by atoms with Gasteiger partial charge < -0.3 is 10.1 Å².